The molecule has 0 saturated carbocycles. The lowest BCUT2D eigenvalue weighted by molar-refractivity contribution is -0.137. The van der Waals surface area contributed by atoms with Gasteiger partial charge in [0.15, 0.2) is 22.7 Å². The van der Waals surface area contributed by atoms with Crippen molar-refractivity contribution in [3.05, 3.63) is 214 Å². The number of hydrogen-bond donors (Lipinski definition) is 0. The van der Waals surface area contributed by atoms with Crippen LogP contribution in [0.2, 0.25) is 0 Å². The second-order valence-electron chi connectivity index (χ2n) is 15.4. The number of rotatable bonds is 5. The van der Waals surface area contributed by atoms with E-state index in [9.17, 15) is 23.7 Å². The molecule has 10 rings (SSSR count). The molecule has 2 aromatic heterocycles. The normalized spacial score (nSPS) is 11.2. The zero-order valence-corrected chi connectivity index (χ0v) is 34.1. The van der Waals surface area contributed by atoms with Gasteiger partial charge in [0.1, 0.15) is 11.6 Å². The van der Waals surface area contributed by atoms with Crippen LogP contribution in [0.1, 0.15) is 16.7 Å². The van der Waals surface area contributed by atoms with Gasteiger partial charge in [-0.25, -0.2) is 19.4 Å². The van der Waals surface area contributed by atoms with Crippen LogP contribution in [-0.4, -0.2) is 9.13 Å². The SMILES string of the molecule is [C-]#[N+]c1ccc(-c2ccc3c4ccccc4n(-c4cc(-c5ccc(C(F)(F)F)cc5[N+]#[C-])cc(-n5c6ccccc6c6ccc(-c7ccc(C#N)cc7[N+]#[C-])cc65)c4C#N)c3c2)c([N+]#[C-])c1. The van der Waals surface area contributed by atoms with Gasteiger partial charge in [-0.15, -0.1) is 0 Å². The molecular weight excluding hydrogens is 830 g/mol. The molecule has 11 heteroatoms. The maximum absolute atomic E-state index is 14.1. The average Bonchev–Trinajstić information content (AvgIpc) is 3.86. The van der Waals surface area contributed by atoms with Gasteiger partial charge in [-0.3, -0.25) is 0 Å². The van der Waals surface area contributed by atoms with Gasteiger partial charge in [0.2, 0.25) is 0 Å². The highest BCUT2D eigenvalue weighted by Gasteiger charge is 2.31. The van der Waals surface area contributed by atoms with Crippen molar-refractivity contribution in [2.24, 2.45) is 0 Å². The molecule has 306 valence electrons. The van der Waals surface area contributed by atoms with Crippen molar-refractivity contribution < 1.29 is 13.2 Å². The van der Waals surface area contributed by atoms with Gasteiger partial charge in [-0.05, 0) is 88.0 Å². The van der Waals surface area contributed by atoms with Crippen LogP contribution in [-0.2, 0) is 6.18 Å². The molecule has 2 heterocycles. The van der Waals surface area contributed by atoms with E-state index >= 15 is 0 Å². The fourth-order valence-corrected chi connectivity index (χ4v) is 8.94. The highest BCUT2D eigenvalue weighted by molar-refractivity contribution is 6.13. The van der Waals surface area contributed by atoms with Crippen molar-refractivity contribution >= 4 is 66.4 Å². The fourth-order valence-electron chi connectivity index (χ4n) is 8.94. The van der Waals surface area contributed by atoms with Gasteiger partial charge < -0.3 is 9.13 Å². The van der Waals surface area contributed by atoms with Gasteiger partial charge in [-0.1, -0.05) is 97.1 Å². The Kier molecular flexibility index (Phi) is 9.41. The minimum atomic E-state index is -4.70. The molecule has 0 aliphatic rings. The first kappa shape index (κ1) is 40.2. The first-order chi connectivity index (χ1) is 32.1. The topological polar surface area (TPSA) is 74.9 Å². The second kappa shape index (κ2) is 15.5. The van der Waals surface area contributed by atoms with E-state index in [1.807, 2.05) is 94.1 Å². The average molecular weight is 855 g/mol. The van der Waals surface area contributed by atoms with E-state index in [0.29, 0.717) is 72.5 Å². The molecule has 66 heavy (non-hydrogen) atoms. The maximum atomic E-state index is 14.1. The molecule has 0 spiro atoms. The van der Waals surface area contributed by atoms with Crippen LogP contribution in [0.4, 0.5) is 35.9 Å². The lowest BCUT2D eigenvalue weighted by Gasteiger charge is -2.19. The molecule has 0 N–H and O–H groups in total. The third-order valence-electron chi connectivity index (χ3n) is 11.9. The molecule has 8 aromatic carbocycles. The summed E-state index contributed by atoms with van der Waals surface area (Å²) in [4.78, 5) is 14.5. The summed E-state index contributed by atoms with van der Waals surface area (Å²) in [7, 11) is 0. The largest absolute Gasteiger partial charge is 0.415 e. The summed E-state index contributed by atoms with van der Waals surface area (Å²) in [6, 6.07) is 47.8. The number of hydrogen-bond acceptors (Lipinski definition) is 2. The number of fused-ring (bicyclic) bond motifs is 6. The standard InChI is InChI=1S/C55H25F3N8/c1-61-37-17-22-39(48(29-37)64-4)34-15-20-44-42-10-6-8-12-50(42)66(52(44)25-34)54-27-35(40-21-16-36(55(56,57)58)28-47(40)63-3)26-53(45(54)31-60)65-49-11-7-5-9-41(49)43-19-14-33(24-51(43)65)38-18-13-32(30-59)23-46(38)62-2/h5-29H. The third kappa shape index (κ3) is 6.34. The van der Waals surface area contributed by atoms with Gasteiger partial charge >= 0.3 is 6.18 Å². The molecule has 0 atom stereocenters. The minimum Gasteiger partial charge on any atom is -0.308 e. The van der Waals surface area contributed by atoms with E-state index in [1.54, 1.807) is 42.5 Å². The fraction of sp³-hybridized carbons (Fsp3) is 0.0182. The van der Waals surface area contributed by atoms with Crippen LogP contribution in [0.3, 0.4) is 0 Å². The molecule has 0 aliphatic carbocycles. The molecule has 8 nitrogen and oxygen atoms in total. The summed E-state index contributed by atoms with van der Waals surface area (Å²) in [5, 5.41) is 24.4. The quantitative estimate of drug-likeness (QED) is 0.162. The van der Waals surface area contributed by atoms with Crippen molar-refractivity contribution in [1.82, 2.24) is 9.13 Å². The lowest BCUT2D eigenvalue weighted by atomic mass is 9.97. The number of halogens is 3. The number of nitriles is 2. The van der Waals surface area contributed by atoms with Gasteiger partial charge in [0, 0.05) is 32.7 Å². The van der Waals surface area contributed by atoms with Crippen molar-refractivity contribution in [3.8, 4) is 56.9 Å². The summed E-state index contributed by atoms with van der Waals surface area (Å²) in [6.07, 6.45) is -4.70. The first-order valence-electron chi connectivity index (χ1n) is 20.1. The monoisotopic (exact) mass is 854 g/mol. The highest BCUT2D eigenvalue weighted by atomic mass is 19.4. The van der Waals surface area contributed by atoms with Crippen LogP contribution >= 0.6 is 0 Å². The van der Waals surface area contributed by atoms with E-state index in [-0.39, 0.29) is 28.2 Å². The van der Waals surface area contributed by atoms with Crippen LogP contribution in [0.5, 0.6) is 0 Å². The van der Waals surface area contributed by atoms with Gasteiger partial charge in [-0.2, -0.15) is 23.7 Å². The number of para-hydroxylation sites is 2. The van der Waals surface area contributed by atoms with Crippen molar-refractivity contribution in [1.29, 1.82) is 10.5 Å². The summed E-state index contributed by atoms with van der Waals surface area (Å²) in [5.74, 6) is 0. The smallest absolute Gasteiger partial charge is 0.308 e. The van der Waals surface area contributed by atoms with Crippen molar-refractivity contribution in [2.45, 2.75) is 6.18 Å². The van der Waals surface area contributed by atoms with E-state index in [4.69, 9.17) is 26.3 Å². The molecule has 0 radical (unpaired) electrons. The van der Waals surface area contributed by atoms with Crippen molar-refractivity contribution in [2.75, 3.05) is 0 Å². The van der Waals surface area contributed by atoms with Crippen LogP contribution in [0.25, 0.3) is 108 Å². The first-order valence-corrected chi connectivity index (χ1v) is 20.1. The third-order valence-corrected chi connectivity index (χ3v) is 11.9. The van der Waals surface area contributed by atoms with Gasteiger partial charge in [0.25, 0.3) is 0 Å². The number of alkyl halides is 3. The summed E-state index contributed by atoms with van der Waals surface area (Å²) < 4.78 is 46.2. The summed E-state index contributed by atoms with van der Waals surface area (Å²) in [6.45, 7) is 31.5. The van der Waals surface area contributed by atoms with Crippen LogP contribution in [0, 0.1) is 49.0 Å². The Hall–Kier alpha value is -9.91. The zero-order valence-electron chi connectivity index (χ0n) is 34.1. The molecular formula is C55H25F3N8. The predicted molar refractivity (Wildman–Crippen MR) is 251 cm³/mol. The number of nitrogens with zero attached hydrogens (tertiary/aromatic N) is 8. The Morgan fingerprint density at radius 1 is 0.439 bits per heavy atom. The maximum Gasteiger partial charge on any atom is 0.415 e. The Morgan fingerprint density at radius 2 is 0.924 bits per heavy atom. The summed E-state index contributed by atoms with van der Waals surface area (Å²) >= 11 is 0. The molecule has 0 bridgehead atoms. The zero-order chi connectivity index (χ0) is 45.9. The van der Waals surface area contributed by atoms with E-state index in [1.165, 1.54) is 12.1 Å². The van der Waals surface area contributed by atoms with Gasteiger partial charge in [0.05, 0.1) is 65.8 Å². The Balaban J connectivity index is 1.34. The minimum absolute atomic E-state index is 0.208. The number of aromatic nitrogens is 2. The lowest BCUT2D eigenvalue weighted by Crippen LogP contribution is -2.06. The van der Waals surface area contributed by atoms with E-state index < -0.39 is 11.7 Å². The van der Waals surface area contributed by atoms with Crippen LogP contribution < -0.4 is 0 Å². The molecule has 0 saturated heterocycles. The van der Waals surface area contributed by atoms with E-state index in [0.717, 1.165) is 33.7 Å². The molecule has 0 amide bonds. The second-order valence-corrected chi connectivity index (χ2v) is 15.4. The van der Waals surface area contributed by atoms with Crippen molar-refractivity contribution in [3.63, 3.8) is 0 Å². The van der Waals surface area contributed by atoms with Crippen LogP contribution in [0.15, 0.2) is 152 Å². The molecule has 0 unspecified atom stereocenters. The molecule has 0 aliphatic heterocycles. The van der Waals surface area contributed by atoms with E-state index in [2.05, 4.69) is 31.5 Å². The Labute approximate surface area is 375 Å². The predicted octanol–water partition coefficient (Wildman–Crippen LogP) is 15.8. The Morgan fingerprint density at radius 3 is 1.44 bits per heavy atom. The number of benzene rings is 8. The molecule has 10 aromatic rings. The molecule has 0 fully saturated rings. The Bertz CT molecular complexity index is 3800. The summed E-state index contributed by atoms with van der Waals surface area (Å²) in [5.41, 5.74) is 6.87. The highest BCUT2D eigenvalue weighted by Crippen LogP contribution is 2.45.